The van der Waals surface area contributed by atoms with Crippen molar-refractivity contribution in [2.45, 2.75) is 20.3 Å². The summed E-state index contributed by atoms with van der Waals surface area (Å²) < 4.78 is 0. The maximum absolute atomic E-state index is 10.9. The molecule has 0 bridgehead atoms. The number of pyridine rings is 1. The predicted molar refractivity (Wildman–Crippen MR) is 56.1 cm³/mol. The van der Waals surface area contributed by atoms with E-state index in [1.54, 1.807) is 6.07 Å². The molecule has 2 nitrogen and oxygen atoms in total. The minimum absolute atomic E-state index is 0.273. The largest absolute Gasteiger partial charge is 0.280 e. The number of hydrogen-bond acceptors (Lipinski definition) is 2. The van der Waals surface area contributed by atoms with Gasteiger partial charge in [-0.3, -0.25) is 4.79 Å². The van der Waals surface area contributed by atoms with Crippen LogP contribution in [0.4, 0.5) is 0 Å². The molecule has 0 atom stereocenters. The molecule has 1 rings (SSSR count). The number of hydrogen-bond donors (Lipinski definition) is 1. The van der Waals surface area contributed by atoms with E-state index in [1.807, 2.05) is 12.1 Å². The second kappa shape index (κ2) is 4.42. The van der Waals surface area contributed by atoms with Crippen LogP contribution in [-0.4, -0.2) is 10.1 Å². The van der Waals surface area contributed by atoms with E-state index in [4.69, 9.17) is 0 Å². The Labute approximate surface area is 83.8 Å². The second-order valence-electron chi connectivity index (χ2n) is 3.42. The molecule has 13 heavy (non-hydrogen) atoms. The van der Waals surface area contributed by atoms with Crippen molar-refractivity contribution in [1.29, 1.82) is 0 Å². The summed E-state index contributed by atoms with van der Waals surface area (Å²) in [6.45, 7) is 4.24. The van der Waals surface area contributed by atoms with Crippen molar-refractivity contribution in [1.82, 2.24) is 4.98 Å². The van der Waals surface area contributed by atoms with Crippen LogP contribution in [0.1, 0.15) is 30.0 Å². The lowest BCUT2D eigenvalue weighted by Gasteiger charge is -2.04. The maximum Gasteiger partial charge on any atom is 0.234 e. The van der Waals surface area contributed by atoms with Gasteiger partial charge in [-0.05, 0) is 24.5 Å². The molecule has 0 fully saturated rings. The first-order chi connectivity index (χ1) is 6.09. The van der Waals surface area contributed by atoms with Gasteiger partial charge in [-0.2, -0.15) is 0 Å². The highest BCUT2D eigenvalue weighted by Crippen LogP contribution is 2.07. The molecular weight excluding hydrogens is 182 g/mol. The number of carbonyl (C=O) groups is 1. The molecule has 0 amide bonds. The average Bonchev–Trinajstić information content (AvgIpc) is 2.03. The van der Waals surface area contributed by atoms with Crippen LogP contribution in [0.25, 0.3) is 0 Å². The van der Waals surface area contributed by atoms with E-state index in [0.717, 1.165) is 12.1 Å². The van der Waals surface area contributed by atoms with Gasteiger partial charge < -0.3 is 0 Å². The second-order valence-corrected chi connectivity index (χ2v) is 3.82. The van der Waals surface area contributed by atoms with Crippen LogP contribution in [-0.2, 0) is 6.42 Å². The molecule has 1 heterocycles. The molecule has 0 saturated carbocycles. The summed E-state index contributed by atoms with van der Waals surface area (Å²) in [6.07, 6.45) is 0.898. The third kappa shape index (κ3) is 3.19. The van der Waals surface area contributed by atoms with Gasteiger partial charge >= 0.3 is 0 Å². The first-order valence-electron chi connectivity index (χ1n) is 4.29. The van der Waals surface area contributed by atoms with E-state index in [1.165, 1.54) is 0 Å². The fraction of sp³-hybridized carbons (Fsp3) is 0.400. The Morgan fingerprint density at radius 1 is 1.54 bits per heavy atom. The van der Waals surface area contributed by atoms with Crippen molar-refractivity contribution in [3.63, 3.8) is 0 Å². The average molecular weight is 195 g/mol. The van der Waals surface area contributed by atoms with Crippen molar-refractivity contribution >= 4 is 17.7 Å². The van der Waals surface area contributed by atoms with Gasteiger partial charge in [-0.1, -0.05) is 32.5 Å². The molecule has 0 unspecified atom stereocenters. The number of thiol groups is 1. The smallest absolute Gasteiger partial charge is 0.234 e. The Morgan fingerprint density at radius 3 is 2.77 bits per heavy atom. The van der Waals surface area contributed by atoms with Crippen molar-refractivity contribution in [2.24, 2.45) is 5.92 Å². The van der Waals surface area contributed by atoms with Crippen LogP contribution < -0.4 is 0 Å². The van der Waals surface area contributed by atoms with Crippen molar-refractivity contribution < 1.29 is 4.79 Å². The van der Waals surface area contributed by atoms with Crippen LogP contribution in [0.3, 0.4) is 0 Å². The quantitative estimate of drug-likeness (QED) is 0.750. The summed E-state index contributed by atoms with van der Waals surface area (Å²) in [6, 6.07) is 5.45. The van der Waals surface area contributed by atoms with Crippen LogP contribution >= 0.6 is 12.6 Å². The zero-order valence-electron chi connectivity index (χ0n) is 7.82. The van der Waals surface area contributed by atoms with E-state index in [2.05, 4.69) is 31.5 Å². The van der Waals surface area contributed by atoms with Gasteiger partial charge in [-0.15, -0.1) is 0 Å². The van der Waals surface area contributed by atoms with Crippen molar-refractivity contribution in [2.75, 3.05) is 0 Å². The molecule has 0 aliphatic carbocycles. The van der Waals surface area contributed by atoms with Gasteiger partial charge in [0.1, 0.15) is 5.69 Å². The number of rotatable bonds is 3. The molecule has 70 valence electrons. The number of aromatic nitrogens is 1. The lowest BCUT2D eigenvalue weighted by molar-refractivity contribution is 0.108. The van der Waals surface area contributed by atoms with E-state index in [9.17, 15) is 4.79 Å². The molecular formula is C10H13NOS. The van der Waals surface area contributed by atoms with Crippen LogP contribution in [0.5, 0.6) is 0 Å². The Kier molecular flexibility index (Phi) is 3.48. The standard InChI is InChI=1S/C10H13NOS/c1-7(2)6-8-4-3-5-9(11-8)10(12)13/h3-5,7H,6H2,1-2H3,(H,12,13). The highest BCUT2D eigenvalue weighted by molar-refractivity contribution is 7.97. The highest BCUT2D eigenvalue weighted by Gasteiger charge is 2.04. The van der Waals surface area contributed by atoms with Crippen LogP contribution in [0.15, 0.2) is 18.2 Å². The Balaban J connectivity index is 2.85. The highest BCUT2D eigenvalue weighted by atomic mass is 32.1. The number of carbonyl (C=O) groups excluding carboxylic acids is 1. The number of nitrogens with zero attached hydrogens (tertiary/aromatic N) is 1. The third-order valence-corrected chi connectivity index (χ3v) is 1.87. The molecule has 0 spiro atoms. The summed E-state index contributed by atoms with van der Waals surface area (Å²) in [7, 11) is 0. The Morgan fingerprint density at radius 2 is 2.23 bits per heavy atom. The van der Waals surface area contributed by atoms with Gasteiger partial charge in [0.05, 0.1) is 0 Å². The summed E-state index contributed by atoms with van der Waals surface area (Å²) in [5, 5.41) is -0.273. The minimum Gasteiger partial charge on any atom is -0.280 e. The zero-order chi connectivity index (χ0) is 9.84. The monoisotopic (exact) mass is 195 g/mol. The summed E-state index contributed by atoms with van der Waals surface area (Å²) in [5.74, 6) is 0.553. The van der Waals surface area contributed by atoms with Gasteiger partial charge in [0.2, 0.25) is 5.12 Å². The summed E-state index contributed by atoms with van der Waals surface area (Å²) in [5.41, 5.74) is 1.39. The first kappa shape index (κ1) is 10.3. The molecule has 0 aliphatic heterocycles. The van der Waals surface area contributed by atoms with Crippen molar-refractivity contribution in [3.8, 4) is 0 Å². The Bertz CT molecular complexity index is 310. The lowest BCUT2D eigenvalue weighted by atomic mass is 10.1. The molecule has 0 aromatic carbocycles. The van der Waals surface area contributed by atoms with Crippen LogP contribution in [0.2, 0.25) is 0 Å². The SMILES string of the molecule is CC(C)Cc1cccc(C(=O)S)n1. The fourth-order valence-electron chi connectivity index (χ4n) is 1.13. The van der Waals surface area contributed by atoms with Crippen molar-refractivity contribution in [3.05, 3.63) is 29.6 Å². The van der Waals surface area contributed by atoms with Gasteiger partial charge in [0.25, 0.3) is 0 Å². The first-order valence-corrected chi connectivity index (χ1v) is 4.73. The zero-order valence-corrected chi connectivity index (χ0v) is 8.71. The Hall–Kier alpha value is -0.830. The topological polar surface area (TPSA) is 30.0 Å². The summed E-state index contributed by atoms with van der Waals surface area (Å²) in [4.78, 5) is 15.1. The lowest BCUT2D eigenvalue weighted by Crippen LogP contribution is -2.01. The molecule has 1 aromatic rings. The maximum atomic E-state index is 10.9. The molecule has 1 aromatic heterocycles. The normalized spacial score (nSPS) is 10.5. The molecule has 0 aliphatic rings. The minimum atomic E-state index is -0.273. The third-order valence-electron chi connectivity index (χ3n) is 1.64. The summed E-state index contributed by atoms with van der Waals surface area (Å²) >= 11 is 3.72. The predicted octanol–water partition coefficient (Wildman–Crippen LogP) is 2.35. The van der Waals surface area contributed by atoms with Gasteiger partial charge in [-0.25, -0.2) is 4.98 Å². The molecule has 0 radical (unpaired) electrons. The van der Waals surface area contributed by atoms with Gasteiger partial charge in [0, 0.05) is 5.69 Å². The van der Waals surface area contributed by atoms with Crippen LogP contribution in [0, 0.1) is 5.92 Å². The molecule has 3 heteroatoms. The van der Waals surface area contributed by atoms with E-state index in [0.29, 0.717) is 11.6 Å². The fourth-order valence-corrected chi connectivity index (χ4v) is 1.26. The molecule has 0 N–H and O–H groups in total. The van der Waals surface area contributed by atoms with E-state index < -0.39 is 0 Å². The molecule has 0 saturated heterocycles. The van der Waals surface area contributed by atoms with E-state index >= 15 is 0 Å². The van der Waals surface area contributed by atoms with E-state index in [-0.39, 0.29) is 5.12 Å². The van der Waals surface area contributed by atoms with Gasteiger partial charge in [0.15, 0.2) is 0 Å².